The van der Waals surface area contributed by atoms with Crippen molar-refractivity contribution in [2.75, 3.05) is 18.8 Å². The number of rotatable bonds is 7. The Labute approximate surface area is 218 Å². The molecule has 1 N–H and O–H groups in total. The normalized spacial score (nSPS) is 15.5. The van der Waals surface area contributed by atoms with Crippen molar-refractivity contribution in [2.45, 2.75) is 57.1 Å². The number of hydrogen-bond donors (Lipinski definition) is 1. The summed E-state index contributed by atoms with van der Waals surface area (Å²) < 4.78 is 1.62. The maximum atomic E-state index is 13.8. The Hall–Kier alpha value is -2.91. The SMILES string of the molecule is CC(=O)N1CCc2c(sc3nc(SCC(=O)NCCC4=CCCCC4)n(-c4ccccc4)c(=O)c23)C1. The first-order valence-electron chi connectivity index (χ1n) is 12.5. The van der Waals surface area contributed by atoms with Crippen LogP contribution in [0.5, 0.6) is 0 Å². The highest BCUT2D eigenvalue weighted by molar-refractivity contribution is 7.99. The molecule has 3 heterocycles. The first kappa shape index (κ1) is 24.8. The van der Waals surface area contributed by atoms with Crippen molar-refractivity contribution < 1.29 is 9.59 Å². The number of nitrogens with zero attached hydrogens (tertiary/aromatic N) is 3. The van der Waals surface area contributed by atoms with Gasteiger partial charge in [-0.3, -0.25) is 19.0 Å². The van der Waals surface area contributed by atoms with Crippen LogP contribution in [0.4, 0.5) is 0 Å². The third-order valence-electron chi connectivity index (χ3n) is 6.79. The minimum absolute atomic E-state index is 0.0368. The van der Waals surface area contributed by atoms with Gasteiger partial charge in [-0.2, -0.15) is 0 Å². The van der Waals surface area contributed by atoms with Gasteiger partial charge in [0.2, 0.25) is 11.8 Å². The lowest BCUT2D eigenvalue weighted by molar-refractivity contribution is -0.129. The van der Waals surface area contributed by atoms with Gasteiger partial charge in [-0.1, -0.05) is 41.6 Å². The van der Waals surface area contributed by atoms with Crippen molar-refractivity contribution in [1.29, 1.82) is 0 Å². The maximum absolute atomic E-state index is 13.8. The first-order valence-corrected chi connectivity index (χ1v) is 14.3. The van der Waals surface area contributed by atoms with Crippen LogP contribution >= 0.6 is 23.1 Å². The lowest BCUT2D eigenvalue weighted by Crippen LogP contribution is -2.34. The number of thioether (sulfide) groups is 1. The standard InChI is InChI=1S/C27H30N4O3S2/c1-18(32)30-15-13-21-22(16-30)36-25-24(21)26(34)31(20-10-6-3-7-11-20)27(29-25)35-17-23(33)28-14-12-19-8-4-2-5-9-19/h3,6-8,10-11H,2,4-5,9,12-17H2,1H3,(H,28,33). The lowest BCUT2D eigenvalue weighted by Gasteiger charge is -2.25. The Morgan fingerprint density at radius 2 is 2.00 bits per heavy atom. The molecule has 0 unspecified atom stereocenters. The fraction of sp³-hybridized carbons (Fsp3) is 0.407. The first-order chi connectivity index (χ1) is 17.5. The number of para-hydroxylation sites is 1. The van der Waals surface area contributed by atoms with Crippen LogP contribution in [0.2, 0.25) is 0 Å². The lowest BCUT2D eigenvalue weighted by atomic mass is 9.97. The van der Waals surface area contributed by atoms with Crippen molar-refractivity contribution in [2.24, 2.45) is 0 Å². The van der Waals surface area contributed by atoms with Gasteiger partial charge in [0.05, 0.1) is 23.4 Å². The Balaban J connectivity index is 1.40. The van der Waals surface area contributed by atoms with Gasteiger partial charge in [0.25, 0.3) is 5.56 Å². The molecule has 36 heavy (non-hydrogen) atoms. The summed E-state index contributed by atoms with van der Waals surface area (Å²) in [7, 11) is 0. The minimum Gasteiger partial charge on any atom is -0.355 e. The number of allylic oxidation sites excluding steroid dienone is 1. The Bertz CT molecular complexity index is 1380. The van der Waals surface area contributed by atoms with E-state index in [4.69, 9.17) is 4.98 Å². The largest absolute Gasteiger partial charge is 0.355 e. The highest BCUT2D eigenvalue weighted by Gasteiger charge is 2.26. The topological polar surface area (TPSA) is 84.3 Å². The van der Waals surface area contributed by atoms with Gasteiger partial charge in [-0.15, -0.1) is 11.3 Å². The number of benzene rings is 1. The number of thiophene rings is 1. The number of fused-ring (bicyclic) bond motifs is 3. The second-order valence-electron chi connectivity index (χ2n) is 9.24. The third-order valence-corrected chi connectivity index (χ3v) is 8.84. The van der Waals surface area contributed by atoms with Crippen molar-refractivity contribution in [3.63, 3.8) is 0 Å². The van der Waals surface area contributed by atoms with Crippen LogP contribution in [0.15, 0.2) is 51.9 Å². The predicted octanol–water partition coefficient (Wildman–Crippen LogP) is 4.45. The fourth-order valence-corrected chi connectivity index (χ4v) is 6.99. The van der Waals surface area contributed by atoms with Crippen LogP contribution in [0.3, 0.4) is 0 Å². The zero-order chi connectivity index (χ0) is 25.1. The summed E-state index contributed by atoms with van der Waals surface area (Å²) in [5, 5.41) is 4.16. The summed E-state index contributed by atoms with van der Waals surface area (Å²) in [5.74, 6) is 0.162. The van der Waals surface area contributed by atoms with Gasteiger partial charge < -0.3 is 10.2 Å². The maximum Gasteiger partial charge on any atom is 0.267 e. The average molecular weight is 523 g/mol. The Morgan fingerprint density at radius 1 is 1.17 bits per heavy atom. The number of carbonyl (C=O) groups excluding carboxylic acids is 2. The summed E-state index contributed by atoms with van der Waals surface area (Å²) in [6.45, 7) is 3.32. The number of aromatic nitrogens is 2. The highest BCUT2D eigenvalue weighted by atomic mass is 32.2. The molecular weight excluding hydrogens is 492 g/mol. The van der Waals surface area contributed by atoms with Gasteiger partial charge in [-0.25, -0.2) is 4.98 Å². The van der Waals surface area contributed by atoms with E-state index in [0.717, 1.165) is 35.4 Å². The molecule has 1 aliphatic heterocycles. The molecule has 1 aromatic carbocycles. The van der Waals surface area contributed by atoms with E-state index in [9.17, 15) is 14.4 Å². The van der Waals surface area contributed by atoms with E-state index in [-0.39, 0.29) is 23.1 Å². The summed E-state index contributed by atoms with van der Waals surface area (Å²) in [4.78, 5) is 46.7. The second-order valence-corrected chi connectivity index (χ2v) is 11.3. The monoisotopic (exact) mass is 522 g/mol. The van der Waals surface area contributed by atoms with E-state index < -0.39 is 0 Å². The fourth-order valence-electron chi connectivity index (χ4n) is 4.87. The molecule has 2 aliphatic rings. The van der Waals surface area contributed by atoms with Gasteiger partial charge in [0.15, 0.2) is 5.16 Å². The molecule has 0 fully saturated rings. The number of hydrogen-bond acceptors (Lipinski definition) is 6. The third kappa shape index (κ3) is 5.27. The molecule has 3 aromatic rings. The van der Waals surface area contributed by atoms with Gasteiger partial charge in [0.1, 0.15) is 4.83 Å². The highest BCUT2D eigenvalue weighted by Crippen LogP contribution is 2.34. The molecule has 0 bridgehead atoms. The molecule has 5 rings (SSSR count). The van der Waals surface area contributed by atoms with Gasteiger partial charge in [-0.05, 0) is 56.2 Å². The molecule has 2 amide bonds. The zero-order valence-corrected chi connectivity index (χ0v) is 22.1. The average Bonchev–Trinajstić information content (AvgIpc) is 3.26. The van der Waals surface area contributed by atoms with E-state index in [0.29, 0.717) is 41.4 Å². The van der Waals surface area contributed by atoms with Crippen LogP contribution in [0.25, 0.3) is 15.9 Å². The van der Waals surface area contributed by atoms with Crippen molar-refractivity contribution in [1.82, 2.24) is 19.8 Å². The Morgan fingerprint density at radius 3 is 2.75 bits per heavy atom. The van der Waals surface area contributed by atoms with Crippen molar-refractivity contribution in [3.05, 3.63) is 62.8 Å². The molecule has 0 spiro atoms. The van der Waals surface area contributed by atoms with E-state index in [1.165, 1.54) is 41.5 Å². The van der Waals surface area contributed by atoms with Crippen LogP contribution < -0.4 is 10.9 Å². The molecule has 7 nitrogen and oxygen atoms in total. The summed E-state index contributed by atoms with van der Waals surface area (Å²) in [6, 6.07) is 9.45. The van der Waals surface area contributed by atoms with Gasteiger partial charge in [0, 0.05) is 24.9 Å². The molecule has 9 heteroatoms. The van der Waals surface area contributed by atoms with E-state index in [1.807, 2.05) is 30.3 Å². The van der Waals surface area contributed by atoms with Crippen molar-refractivity contribution >= 4 is 45.1 Å². The molecule has 0 saturated heterocycles. The molecule has 0 saturated carbocycles. The van der Waals surface area contributed by atoms with E-state index in [1.54, 1.807) is 16.4 Å². The van der Waals surface area contributed by atoms with Gasteiger partial charge >= 0.3 is 0 Å². The van der Waals surface area contributed by atoms with Crippen molar-refractivity contribution in [3.8, 4) is 5.69 Å². The number of carbonyl (C=O) groups is 2. The summed E-state index contributed by atoms with van der Waals surface area (Å²) >= 11 is 2.76. The molecule has 2 aromatic heterocycles. The molecular formula is C27H30N4O3S2. The van der Waals surface area contributed by atoms with E-state index in [2.05, 4.69) is 11.4 Å². The Kier molecular flexibility index (Phi) is 7.57. The smallest absolute Gasteiger partial charge is 0.267 e. The number of nitrogens with one attached hydrogen (secondary N) is 1. The van der Waals surface area contributed by atoms with Crippen LogP contribution in [0, 0.1) is 0 Å². The zero-order valence-electron chi connectivity index (χ0n) is 20.4. The summed E-state index contributed by atoms with van der Waals surface area (Å²) in [5.41, 5.74) is 3.04. The summed E-state index contributed by atoms with van der Waals surface area (Å²) in [6.07, 6.45) is 8.61. The molecule has 0 radical (unpaired) electrons. The predicted molar refractivity (Wildman–Crippen MR) is 145 cm³/mol. The van der Waals surface area contributed by atoms with Crippen LogP contribution in [0.1, 0.15) is 49.5 Å². The van der Waals surface area contributed by atoms with Crippen LogP contribution in [-0.4, -0.2) is 45.1 Å². The second kappa shape index (κ2) is 11.0. The van der Waals surface area contributed by atoms with Crippen LogP contribution in [-0.2, 0) is 22.6 Å². The number of amides is 2. The molecule has 1 aliphatic carbocycles. The van der Waals surface area contributed by atoms with E-state index >= 15 is 0 Å². The quantitative estimate of drug-likeness (QED) is 0.282. The molecule has 0 atom stereocenters. The minimum atomic E-state index is -0.118. The molecule has 188 valence electrons.